The van der Waals surface area contributed by atoms with E-state index >= 15 is 0 Å². The van der Waals surface area contributed by atoms with Crippen LogP contribution in [0.5, 0.6) is 0 Å². The molecule has 20 heavy (non-hydrogen) atoms. The summed E-state index contributed by atoms with van der Waals surface area (Å²) in [5.41, 5.74) is 0.668. The highest BCUT2D eigenvalue weighted by Gasteiger charge is 2.25. The third-order valence-electron chi connectivity index (χ3n) is 3.80. The minimum absolute atomic E-state index is 0.0887. The molecule has 2 heterocycles. The summed E-state index contributed by atoms with van der Waals surface area (Å²) in [5.74, 6) is 1.45. The molecule has 0 unspecified atom stereocenters. The number of aromatic nitrogens is 1. The van der Waals surface area contributed by atoms with Crippen LogP contribution >= 0.6 is 0 Å². The van der Waals surface area contributed by atoms with Gasteiger partial charge in [0, 0.05) is 32.9 Å². The van der Waals surface area contributed by atoms with Gasteiger partial charge in [-0.15, -0.1) is 0 Å². The standard InChI is InChI=1S/C15H24N4O/c1-16-14-13(5-4-8-17-14)15(20)19-9-6-12(7-10-19)11-18(2)3/h4-5,8,12H,6-7,9-11H2,1-3H3,(H,16,17). The maximum atomic E-state index is 12.5. The SMILES string of the molecule is CNc1ncccc1C(=O)N1CCC(CN(C)C)CC1. The second kappa shape index (κ2) is 6.70. The highest BCUT2D eigenvalue weighted by atomic mass is 16.2. The molecule has 0 radical (unpaired) electrons. The third kappa shape index (κ3) is 3.48. The van der Waals surface area contributed by atoms with Crippen molar-refractivity contribution in [1.82, 2.24) is 14.8 Å². The molecular weight excluding hydrogens is 252 g/mol. The molecule has 0 bridgehead atoms. The Balaban J connectivity index is 1.98. The largest absolute Gasteiger partial charge is 0.372 e. The number of nitrogens with one attached hydrogen (secondary N) is 1. The molecule has 0 aromatic carbocycles. The van der Waals surface area contributed by atoms with E-state index in [9.17, 15) is 4.79 Å². The predicted molar refractivity (Wildman–Crippen MR) is 81.0 cm³/mol. The summed E-state index contributed by atoms with van der Waals surface area (Å²) in [4.78, 5) is 20.9. The van der Waals surface area contributed by atoms with Gasteiger partial charge in [0.2, 0.25) is 0 Å². The van der Waals surface area contributed by atoms with E-state index < -0.39 is 0 Å². The Hall–Kier alpha value is -1.62. The number of piperidine rings is 1. The first-order chi connectivity index (χ1) is 9.61. The zero-order chi connectivity index (χ0) is 14.5. The summed E-state index contributed by atoms with van der Waals surface area (Å²) in [6.45, 7) is 2.79. The van der Waals surface area contributed by atoms with Gasteiger partial charge in [-0.25, -0.2) is 4.98 Å². The van der Waals surface area contributed by atoms with Crippen molar-refractivity contribution in [3.63, 3.8) is 0 Å². The second-order valence-corrected chi connectivity index (χ2v) is 5.65. The number of anilines is 1. The van der Waals surface area contributed by atoms with Crippen molar-refractivity contribution in [3.8, 4) is 0 Å². The first-order valence-electron chi connectivity index (χ1n) is 7.18. The Bertz CT molecular complexity index is 453. The van der Waals surface area contributed by atoms with Gasteiger partial charge < -0.3 is 15.1 Å². The molecule has 1 aliphatic heterocycles. The van der Waals surface area contributed by atoms with Crippen LogP contribution in [0, 0.1) is 5.92 Å². The summed E-state index contributed by atoms with van der Waals surface area (Å²) in [7, 11) is 6.00. The van der Waals surface area contributed by atoms with Crippen LogP contribution in [0.2, 0.25) is 0 Å². The number of likely N-dealkylation sites (tertiary alicyclic amines) is 1. The second-order valence-electron chi connectivity index (χ2n) is 5.65. The summed E-state index contributed by atoms with van der Waals surface area (Å²) < 4.78 is 0. The molecular formula is C15H24N4O. The zero-order valence-electron chi connectivity index (χ0n) is 12.6. The van der Waals surface area contributed by atoms with Crippen molar-refractivity contribution < 1.29 is 4.79 Å². The molecule has 1 amide bonds. The van der Waals surface area contributed by atoms with Gasteiger partial charge in [0.1, 0.15) is 5.82 Å². The van der Waals surface area contributed by atoms with Crippen molar-refractivity contribution in [2.75, 3.05) is 46.1 Å². The lowest BCUT2D eigenvalue weighted by Crippen LogP contribution is -2.40. The Kier molecular flexibility index (Phi) is 4.95. The molecule has 0 atom stereocenters. The number of pyridine rings is 1. The van der Waals surface area contributed by atoms with Crippen LogP contribution in [0.25, 0.3) is 0 Å². The van der Waals surface area contributed by atoms with Crippen molar-refractivity contribution in [2.45, 2.75) is 12.8 Å². The van der Waals surface area contributed by atoms with E-state index in [1.54, 1.807) is 13.2 Å². The molecule has 5 nitrogen and oxygen atoms in total. The molecule has 1 N–H and O–H groups in total. The van der Waals surface area contributed by atoms with Crippen molar-refractivity contribution in [1.29, 1.82) is 0 Å². The molecule has 110 valence electrons. The van der Waals surface area contributed by atoms with E-state index in [4.69, 9.17) is 0 Å². The molecule has 1 fully saturated rings. The minimum Gasteiger partial charge on any atom is -0.372 e. The van der Waals surface area contributed by atoms with E-state index in [-0.39, 0.29) is 5.91 Å². The molecule has 5 heteroatoms. The molecule has 1 aromatic heterocycles. The highest BCUT2D eigenvalue weighted by Crippen LogP contribution is 2.21. The number of rotatable bonds is 4. The molecule has 0 saturated carbocycles. The number of nitrogens with zero attached hydrogens (tertiary/aromatic N) is 3. The van der Waals surface area contributed by atoms with Crippen molar-refractivity contribution in [3.05, 3.63) is 23.9 Å². The Morgan fingerprint density at radius 3 is 2.75 bits per heavy atom. The normalized spacial score (nSPS) is 16.5. The summed E-state index contributed by atoms with van der Waals surface area (Å²) >= 11 is 0. The van der Waals surface area contributed by atoms with E-state index in [0.717, 1.165) is 32.5 Å². The van der Waals surface area contributed by atoms with Crippen LogP contribution in [0.3, 0.4) is 0 Å². The monoisotopic (exact) mass is 276 g/mol. The fraction of sp³-hybridized carbons (Fsp3) is 0.600. The van der Waals surface area contributed by atoms with Crippen LogP contribution in [-0.4, -0.2) is 61.5 Å². The smallest absolute Gasteiger partial charge is 0.257 e. The third-order valence-corrected chi connectivity index (χ3v) is 3.80. The molecule has 1 aliphatic rings. The first-order valence-corrected chi connectivity index (χ1v) is 7.18. The van der Waals surface area contributed by atoms with E-state index in [0.29, 0.717) is 17.3 Å². The topological polar surface area (TPSA) is 48.5 Å². The molecule has 1 aromatic rings. The van der Waals surface area contributed by atoms with Gasteiger partial charge in [-0.3, -0.25) is 4.79 Å². The maximum absolute atomic E-state index is 12.5. The fourth-order valence-corrected chi connectivity index (χ4v) is 2.78. The fourth-order valence-electron chi connectivity index (χ4n) is 2.78. The van der Waals surface area contributed by atoms with Gasteiger partial charge in [0.25, 0.3) is 5.91 Å². The van der Waals surface area contributed by atoms with E-state index in [2.05, 4.69) is 29.3 Å². The van der Waals surface area contributed by atoms with Crippen molar-refractivity contribution in [2.24, 2.45) is 5.92 Å². The average Bonchev–Trinajstić information content (AvgIpc) is 2.46. The van der Waals surface area contributed by atoms with E-state index in [1.165, 1.54) is 0 Å². The molecule has 0 spiro atoms. The van der Waals surface area contributed by atoms with Crippen LogP contribution in [0.15, 0.2) is 18.3 Å². The van der Waals surface area contributed by atoms with Gasteiger partial charge in [0.05, 0.1) is 5.56 Å². The maximum Gasteiger partial charge on any atom is 0.257 e. The lowest BCUT2D eigenvalue weighted by molar-refractivity contribution is 0.0678. The number of carbonyl (C=O) groups excluding carboxylic acids is 1. The Morgan fingerprint density at radius 1 is 1.45 bits per heavy atom. The van der Waals surface area contributed by atoms with Crippen LogP contribution in [0.1, 0.15) is 23.2 Å². The van der Waals surface area contributed by atoms with Crippen molar-refractivity contribution >= 4 is 11.7 Å². The van der Waals surface area contributed by atoms with Crippen LogP contribution in [-0.2, 0) is 0 Å². The quantitative estimate of drug-likeness (QED) is 0.906. The molecule has 0 aliphatic carbocycles. The van der Waals surface area contributed by atoms with Gasteiger partial charge in [-0.05, 0) is 45.0 Å². The van der Waals surface area contributed by atoms with Gasteiger partial charge in [-0.1, -0.05) is 0 Å². The van der Waals surface area contributed by atoms with Gasteiger partial charge in [0.15, 0.2) is 0 Å². The number of carbonyl (C=O) groups is 1. The summed E-state index contributed by atoms with van der Waals surface area (Å²) in [5, 5.41) is 2.99. The Labute approximate surface area is 121 Å². The van der Waals surface area contributed by atoms with Crippen LogP contribution in [0.4, 0.5) is 5.82 Å². The number of amides is 1. The zero-order valence-corrected chi connectivity index (χ0v) is 12.6. The minimum atomic E-state index is 0.0887. The summed E-state index contributed by atoms with van der Waals surface area (Å²) in [6.07, 6.45) is 3.87. The lowest BCUT2D eigenvalue weighted by Gasteiger charge is -2.33. The summed E-state index contributed by atoms with van der Waals surface area (Å²) in [6, 6.07) is 3.65. The number of hydrogen-bond acceptors (Lipinski definition) is 4. The molecule has 1 saturated heterocycles. The lowest BCUT2D eigenvalue weighted by atomic mass is 9.96. The average molecular weight is 276 g/mol. The molecule has 2 rings (SSSR count). The first kappa shape index (κ1) is 14.8. The van der Waals surface area contributed by atoms with Gasteiger partial charge in [-0.2, -0.15) is 0 Å². The predicted octanol–water partition coefficient (Wildman–Crippen LogP) is 1.54. The van der Waals surface area contributed by atoms with Crippen LogP contribution < -0.4 is 5.32 Å². The Morgan fingerprint density at radius 2 is 2.15 bits per heavy atom. The van der Waals surface area contributed by atoms with Gasteiger partial charge >= 0.3 is 0 Å². The highest BCUT2D eigenvalue weighted by molar-refractivity contribution is 5.98. The number of hydrogen-bond donors (Lipinski definition) is 1. The van der Waals surface area contributed by atoms with E-state index in [1.807, 2.05) is 17.0 Å².